The van der Waals surface area contributed by atoms with Gasteiger partial charge >= 0.3 is 0 Å². The number of rotatable bonds is 7. The molecule has 1 aromatic rings. The SMILES string of the molecule is CCNCC(C)(CN(C)C1CCC1)c1ccccc1. The lowest BCUT2D eigenvalue weighted by molar-refractivity contribution is 0.129. The fraction of sp³-hybridized carbons (Fsp3) is 0.647. The molecule has 0 aliphatic heterocycles. The molecule has 0 spiro atoms. The minimum Gasteiger partial charge on any atom is -0.316 e. The molecule has 19 heavy (non-hydrogen) atoms. The molecule has 1 saturated carbocycles. The molecule has 0 saturated heterocycles. The van der Waals surface area contributed by atoms with E-state index in [-0.39, 0.29) is 5.41 Å². The third-order valence-corrected chi connectivity index (χ3v) is 4.53. The van der Waals surface area contributed by atoms with Crippen molar-refractivity contribution in [3.63, 3.8) is 0 Å². The molecule has 1 unspecified atom stereocenters. The second kappa shape index (κ2) is 6.53. The van der Waals surface area contributed by atoms with Gasteiger partial charge in [-0.3, -0.25) is 0 Å². The summed E-state index contributed by atoms with van der Waals surface area (Å²) >= 11 is 0. The molecule has 1 aliphatic rings. The van der Waals surface area contributed by atoms with E-state index in [4.69, 9.17) is 0 Å². The van der Waals surface area contributed by atoms with Gasteiger partial charge in [0, 0.05) is 24.5 Å². The van der Waals surface area contributed by atoms with Gasteiger partial charge in [0.25, 0.3) is 0 Å². The third kappa shape index (κ3) is 3.58. The fourth-order valence-electron chi connectivity index (χ4n) is 3.00. The van der Waals surface area contributed by atoms with Gasteiger partial charge in [-0.25, -0.2) is 0 Å². The van der Waals surface area contributed by atoms with E-state index >= 15 is 0 Å². The Bertz CT molecular complexity index is 372. The Labute approximate surface area is 118 Å². The van der Waals surface area contributed by atoms with Crippen LogP contribution in [0, 0.1) is 0 Å². The van der Waals surface area contributed by atoms with Crippen molar-refractivity contribution in [3.8, 4) is 0 Å². The van der Waals surface area contributed by atoms with Gasteiger partial charge in [-0.15, -0.1) is 0 Å². The largest absolute Gasteiger partial charge is 0.316 e. The molecule has 1 aromatic carbocycles. The lowest BCUT2D eigenvalue weighted by Crippen LogP contribution is -2.49. The average Bonchev–Trinajstić information content (AvgIpc) is 2.35. The Morgan fingerprint density at radius 3 is 2.47 bits per heavy atom. The Morgan fingerprint density at radius 1 is 1.26 bits per heavy atom. The summed E-state index contributed by atoms with van der Waals surface area (Å²) in [5.74, 6) is 0. The summed E-state index contributed by atoms with van der Waals surface area (Å²) < 4.78 is 0. The second-order valence-corrected chi connectivity index (χ2v) is 6.21. The number of likely N-dealkylation sites (N-methyl/N-ethyl adjacent to an activating group) is 2. The van der Waals surface area contributed by atoms with Gasteiger partial charge in [-0.2, -0.15) is 0 Å². The summed E-state index contributed by atoms with van der Waals surface area (Å²) in [6, 6.07) is 11.8. The third-order valence-electron chi connectivity index (χ3n) is 4.53. The first kappa shape index (κ1) is 14.5. The lowest BCUT2D eigenvalue weighted by atomic mass is 9.80. The molecule has 106 valence electrons. The van der Waals surface area contributed by atoms with Crippen LogP contribution in [0.3, 0.4) is 0 Å². The maximum Gasteiger partial charge on any atom is 0.0177 e. The summed E-state index contributed by atoms with van der Waals surface area (Å²) in [5.41, 5.74) is 1.64. The Morgan fingerprint density at radius 2 is 1.95 bits per heavy atom. The van der Waals surface area contributed by atoms with E-state index in [1.807, 2.05) is 0 Å². The minimum atomic E-state index is 0.196. The van der Waals surface area contributed by atoms with Gasteiger partial charge in [0.05, 0.1) is 0 Å². The molecular formula is C17H28N2. The molecule has 1 N–H and O–H groups in total. The summed E-state index contributed by atoms with van der Waals surface area (Å²) in [5, 5.41) is 3.54. The molecule has 1 atom stereocenters. The molecule has 1 fully saturated rings. The molecule has 0 amide bonds. The summed E-state index contributed by atoms with van der Waals surface area (Å²) in [7, 11) is 2.29. The highest BCUT2D eigenvalue weighted by Gasteiger charge is 2.31. The van der Waals surface area contributed by atoms with Crippen LogP contribution in [0.2, 0.25) is 0 Å². The van der Waals surface area contributed by atoms with Crippen molar-refractivity contribution in [1.29, 1.82) is 0 Å². The van der Waals surface area contributed by atoms with E-state index in [1.165, 1.54) is 24.8 Å². The van der Waals surface area contributed by atoms with Gasteiger partial charge in [-0.1, -0.05) is 50.6 Å². The van der Waals surface area contributed by atoms with Crippen LogP contribution in [0.4, 0.5) is 0 Å². The number of benzene rings is 1. The highest BCUT2D eigenvalue weighted by Crippen LogP contribution is 2.29. The van der Waals surface area contributed by atoms with E-state index in [0.717, 1.165) is 25.7 Å². The molecule has 2 nitrogen and oxygen atoms in total. The molecule has 0 radical (unpaired) electrons. The highest BCUT2D eigenvalue weighted by molar-refractivity contribution is 5.25. The van der Waals surface area contributed by atoms with Crippen molar-refractivity contribution < 1.29 is 0 Å². The number of nitrogens with zero attached hydrogens (tertiary/aromatic N) is 1. The highest BCUT2D eigenvalue weighted by atomic mass is 15.1. The standard InChI is InChI=1S/C17H28N2/c1-4-18-13-17(2,15-9-6-5-7-10-15)14-19(3)16-11-8-12-16/h5-7,9-10,16,18H,4,8,11-14H2,1-3H3. The molecule has 2 rings (SSSR count). The van der Waals surface area contributed by atoms with Crippen LogP contribution >= 0.6 is 0 Å². The maximum absolute atomic E-state index is 3.54. The first-order chi connectivity index (χ1) is 9.15. The molecule has 0 bridgehead atoms. The van der Waals surface area contributed by atoms with Gasteiger partial charge in [-0.05, 0) is 32.0 Å². The Balaban J connectivity index is 2.09. The van der Waals surface area contributed by atoms with Crippen LogP contribution in [0.1, 0.15) is 38.7 Å². The minimum absolute atomic E-state index is 0.196. The lowest BCUT2D eigenvalue weighted by Gasteiger charge is -2.41. The van der Waals surface area contributed by atoms with E-state index in [9.17, 15) is 0 Å². The van der Waals surface area contributed by atoms with Gasteiger partial charge in [0.1, 0.15) is 0 Å². The smallest absolute Gasteiger partial charge is 0.0177 e. The summed E-state index contributed by atoms with van der Waals surface area (Å²) in [6.45, 7) is 7.79. The molecule has 0 heterocycles. The van der Waals surface area contributed by atoms with Crippen LogP contribution in [-0.4, -0.2) is 37.6 Å². The molecule has 1 aliphatic carbocycles. The van der Waals surface area contributed by atoms with Crippen LogP contribution in [0.5, 0.6) is 0 Å². The zero-order chi connectivity index (χ0) is 13.7. The molecular weight excluding hydrogens is 232 g/mol. The second-order valence-electron chi connectivity index (χ2n) is 6.21. The first-order valence-corrected chi connectivity index (χ1v) is 7.62. The quantitative estimate of drug-likeness (QED) is 0.810. The van der Waals surface area contributed by atoms with Crippen molar-refractivity contribution in [2.24, 2.45) is 0 Å². The van der Waals surface area contributed by atoms with Crippen LogP contribution < -0.4 is 5.32 Å². The molecule has 2 heteroatoms. The zero-order valence-electron chi connectivity index (χ0n) is 12.7. The number of nitrogens with one attached hydrogen (secondary N) is 1. The Kier molecular flexibility index (Phi) is 5.00. The average molecular weight is 260 g/mol. The van der Waals surface area contributed by atoms with Crippen molar-refractivity contribution in [2.45, 2.75) is 44.6 Å². The van der Waals surface area contributed by atoms with E-state index < -0.39 is 0 Å². The maximum atomic E-state index is 3.54. The normalized spacial score (nSPS) is 19.2. The first-order valence-electron chi connectivity index (χ1n) is 7.62. The van der Waals surface area contributed by atoms with Crippen molar-refractivity contribution >= 4 is 0 Å². The summed E-state index contributed by atoms with van der Waals surface area (Å²) in [6.07, 6.45) is 4.16. The van der Waals surface area contributed by atoms with Gasteiger partial charge in [0.2, 0.25) is 0 Å². The zero-order valence-corrected chi connectivity index (χ0v) is 12.7. The van der Waals surface area contributed by atoms with E-state index in [0.29, 0.717) is 0 Å². The van der Waals surface area contributed by atoms with Gasteiger partial charge < -0.3 is 10.2 Å². The topological polar surface area (TPSA) is 15.3 Å². The Hall–Kier alpha value is -0.860. The van der Waals surface area contributed by atoms with Crippen LogP contribution in [-0.2, 0) is 5.41 Å². The number of hydrogen-bond donors (Lipinski definition) is 1. The number of hydrogen-bond acceptors (Lipinski definition) is 2. The van der Waals surface area contributed by atoms with Crippen molar-refractivity contribution in [1.82, 2.24) is 10.2 Å². The molecule has 0 aromatic heterocycles. The van der Waals surface area contributed by atoms with Crippen molar-refractivity contribution in [2.75, 3.05) is 26.7 Å². The predicted molar refractivity (Wildman–Crippen MR) is 82.6 cm³/mol. The predicted octanol–water partition coefficient (Wildman–Crippen LogP) is 3.04. The van der Waals surface area contributed by atoms with Gasteiger partial charge in [0.15, 0.2) is 0 Å². The van der Waals surface area contributed by atoms with E-state index in [2.05, 4.69) is 61.4 Å². The van der Waals surface area contributed by atoms with Crippen LogP contribution in [0.15, 0.2) is 30.3 Å². The van der Waals surface area contributed by atoms with Crippen LogP contribution in [0.25, 0.3) is 0 Å². The summed E-state index contributed by atoms with van der Waals surface area (Å²) in [4.78, 5) is 2.56. The van der Waals surface area contributed by atoms with Crippen molar-refractivity contribution in [3.05, 3.63) is 35.9 Å². The van der Waals surface area contributed by atoms with E-state index in [1.54, 1.807) is 0 Å². The fourth-order valence-corrected chi connectivity index (χ4v) is 3.00. The monoisotopic (exact) mass is 260 g/mol.